The van der Waals surface area contributed by atoms with Gasteiger partial charge in [0, 0.05) is 30.1 Å². The van der Waals surface area contributed by atoms with Gasteiger partial charge in [0.05, 0.1) is 4.92 Å². The SMILES string of the molecule is Cc1ccc(CNC(=O)c2ccc(F)c([N+](=O)[O-])c2)cn1. The predicted molar refractivity (Wildman–Crippen MR) is 73.2 cm³/mol. The molecule has 0 saturated heterocycles. The van der Waals surface area contributed by atoms with Gasteiger partial charge in [-0.15, -0.1) is 0 Å². The molecule has 1 heterocycles. The topological polar surface area (TPSA) is 85.1 Å². The molecule has 0 saturated carbocycles. The standard InChI is InChI=1S/C14H12FN3O3/c1-9-2-3-10(7-16-9)8-17-14(19)11-4-5-12(15)13(6-11)18(20)21/h2-7H,8H2,1H3,(H,17,19). The Morgan fingerprint density at radius 3 is 2.76 bits per heavy atom. The smallest absolute Gasteiger partial charge is 0.305 e. The third-order valence-electron chi connectivity index (χ3n) is 2.83. The number of nitrogens with zero attached hydrogens (tertiary/aromatic N) is 2. The van der Waals surface area contributed by atoms with E-state index < -0.39 is 22.3 Å². The summed E-state index contributed by atoms with van der Waals surface area (Å²) in [6, 6.07) is 6.64. The maximum absolute atomic E-state index is 13.2. The van der Waals surface area contributed by atoms with E-state index in [4.69, 9.17) is 0 Å². The lowest BCUT2D eigenvalue weighted by Gasteiger charge is -2.05. The summed E-state index contributed by atoms with van der Waals surface area (Å²) in [6.07, 6.45) is 1.63. The third-order valence-corrected chi connectivity index (χ3v) is 2.83. The molecule has 2 aromatic rings. The van der Waals surface area contributed by atoms with Crippen molar-refractivity contribution in [1.82, 2.24) is 10.3 Å². The monoisotopic (exact) mass is 289 g/mol. The number of carbonyl (C=O) groups excluding carboxylic acids is 1. The van der Waals surface area contributed by atoms with Crippen LogP contribution < -0.4 is 5.32 Å². The summed E-state index contributed by atoms with van der Waals surface area (Å²) in [5, 5.41) is 13.2. The number of nitro benzene ring substituents is 1. The molecule has 2 rings (SSSR count). The zero-order valence-corrected chi connectivity index (χ0v) is 11.2. The molecule has 21 heavy (non-hydrogen) atoms. The molecule has 0 spiro atoms. The molecule has 0 fully saturated rings. The van der Waals surface area contributed by atoms with Gasteiger partial charge in [-0.25, -0.2) is 0 Å². The van der Waals surface area contributed by atoms with Crippen LogP contribution in [0, 0.1) is 22.9 Å². The highest BCUT2D eigenvalue weighted by molar-refractivity contribution is 5.94. The van der Waals surface area contributed by atoms with E-state index in [1.54, 1.807) is 6.20 Å². The fraction of sp³-hybridized carbons (Fsp3) is 0.143. The Morgan fingerprint density at radius 1 is 1.38 bits per heavy atom. The molecule has 0 radical (unpaired) electrons. The summed E-state index contributed by atoms with van der Waals surface area (Å²) in [6.45, 7) is 2.08. The van der Waals surface area contributed by atoms with Crippen molar-refractivity contribution in [3.05, 3.63) is 69.3 Å². The van der Waals surface area contributed by atoms with Gasteiger partial charge < -0.3 is 5.32 Å². The maximum atomic E-state index is 13.2. The number of benzene rings is 1. The summed E-state index contributed by atoms with van der Waals surface area (Å²) >= 11 is 0. The molecule has 0 bridgehead atoms. The Hall–Kier alpha value is -2.83. The molecule has 6 nitrogen and oxygen atoms in total. The number of nitrogens with one attached hydrogen (secondary N) is 1. The number of rotatable bonds is 4. The summed E-state index contributed by atoms with van der Waals surface area (Å²) < 4.78 is 13.2. The molecule has 0 aliphatic rings. The summed E-state index contributed by atoms with van der Waals surface area (Å²) in [7, 11) is 0. The highest BCUT2D eigenvalue weighted by atomic mass is 19.1. The molecular weight excluding hydrogens is 277 g/mol. The van der Waals surface area contributed by atoms with E-state index in [2.05, 4.69) is 10.3 Å². The number of pyridine rings is 1. The average molecular weight is 289 g/mol. The molecule has 1 aromatic carbocycles. The van der Waals surface area contributed by atoms with E-state index in [9.17, 15) is 19.3 Å². The highest BCUT2D eigenvalue weighted by Crippen LogP contribution is 2.18. The van der Waals surface area contributed by atoms with E-state index in [0.29, 0.717) is 0 Å². The molecule has 0 atom stereocenters. The van der Waals surface area contributed by atoms with E-state index in [0.717, 1.165) is 23.4 Å². The maximum Gasteiger partial charge on any atom is 0.305 e. The van der Waals surface area contributed by atoms with E-state index in [-0.39, 0.29) is 12.1 Å². The van der Waals surface area contributed by atoms with Gasteiger partial charge in [0.1, 0.15) is 0 Å². The second-order valence-electron chi connectivity index (χ2n) is 4.41. The van der Waals surface area contributed by atoms with Gasteiger partial charge in [-0.2, -0.15) is 4.39 Å². The fourth-order valence-electron chi connectivity index (χ4n) is 1.68. The van der Waals surface area contributed by atoms with Crippen molar-refractivity contribution in [2.75, 3.05) is 0 Å². The number of aryl methyl sites for hydroxylation is 1. The second kappa shape index (κ2) is 6.08. The molecule has 108 valence electrons. The van der Waals surface area contributed by atoms with E-state index in [1.807, 2.05) is 19.1 Å². The molecule has 0 aliphatic carbocycles. The summed E-state index contributed by atoms with van der Waals surface area (Å²) in [4.78, 5) is 25.8. The number of amides is 1. The van der Waals surface area contributed by atoms with Gasteiger partial charge in [0.25, 0.3) is 5.91 Å². The van der Waals surface area contributed by atoms with Crippen molar-refractivity contribution < 1.29 is 14.1 Å². The van der Waals surface area contributed by atoms with Gasteiger partial charge in [0.15, 0.2) is 0 Å². The number of hydrogen-bond donors (Lipinski definition) is 1. The van der Waals surface area contributed by atoms with Crippen LogP contribution >= 0.6 is 0 Å². The third kappa shape index (κ3) is 3.59. The van der Waals surface area contributed by atoms with Crippen LogP contribution in [-0.4, -0.2) is 15.8 Å². The van der Waals surface area contributed by atoms with Crippen molar-refractivity contribution in [2.45, 2.75) is 13.5 Å². The molecule has 1 N–H and O–H groups in total. The minimum absolute atomic E-state index is 0.0307. The van der Waals surface area contributed by atoms with Crippen molar-refractivity contribution in [1.29, 1.82) is 0 Å². The Morgan fingerprint density at radius 2 is 2.14 bits per heavy atom. The normalized spacial score (nSPS) is 10.2. The first-order valence-corrected chi connectivity index (χ1v) is 6.11. The van der Waals surface area contributed by atoms with Crippen molar-refractivity contribution in [2.24, 2.45) is 0 Å². The highest BCUT2D eigenvalue weighted by Gasteiger charge is 2.17. The van der Waals surface area contributed by atoms with E-state index >= 15 is 0 Å². The largest absolute Gasteiger partial charge is 0.348 e. The first kappa shape index (κ1) is 14.6. The Balaban J connectivity index is 2.08. The van der Waals surface area contributed by atoms with Gasteiger partial charge in [0.2, 0.25) is 5.82 Å². The van der Waals surface area contributed by atoms with Crippen molar-refractivity contribution >= 4 is 11.6 Å². The number of nitro groups is 1. The lowest BCUT2D eigenvalue weighted by atomic mass is 10.1. The first-order valence-electron chi connectivity index (χ1n) is 6.11. The fourth-order valence-corrected chi connectivity index (χ4v) is 1.68. The molecule has 1 amide bonds. The average Bonchev–Trinajstić information content (AvgIpc) is 2.46. The number of aromatic nitrogens is 1. The molecule has 0 aliphatic heterocycles. The first-order chi connectivity index (χ1) is 9.97. The minimum Gasteiger partial charge on any atom is -0.348 e. The second-order valence-corrected chi connectivity index (χ2v) is 4.41. The van der Waals surface area contributed by atoms with E-state index in [1.165, 1.54) is 6.07 Å². The minimum atomic E-state index is -0.973. The Bertz CT molecular complexity index is 686. The van der Waals surface area contributed by atoms with Crippen LogP contribution in [0.4, 0.5) is 10.1 Å². The molecular formula is C14H12FN3O3. The Kier molecular flexibility index (Phi) is 4.22. The lowest BCUT2D eigenvalue weighted by Crippen LogP contribution is -2.23. The van der Waals surface area contributed by atoms with Crippen LogP contribution in [0.3, 0.4) is 0 Å². The van der Waals surface area contributed by atoms with Crippen LogP contribution in [0.5, 0.6) is 0 Å². The van der Waals surface area contributed by atoms with Crippen LogP contribution in [0.2, 0.25) is 0 Å². The zero-order valence-electron chi connectivity index (χ0n) is 11.2. The van der Waals surface area contributed by atoms with Crippen molar-refractivity contribution in [3.63, 3.8) is 0 Å². The predicted octanol–water partition coefficient (Wildman–Crippen LogP) is 2.37. The quantitative estimate of drug-likeness (QED) is 0.691. The summed E-state index contributed by atoms with van der Waals surface area (Å²) in [5.41, 5.74) is 0.965. The molecule has 7 heteroatoms. The van der Waals surface area contributed by atoms with Crippen LogP contribution in [0.25, 0.3) is 0 Å². The van der Waals surface area contributed by atoms with Crippen LogP contribution in [0.15, 0.2) is 36.5 Å². The molecule has 0 unspecified atom stereocenters. The van der Waals surface area contributed by atoms with Gasteiger partial charge >= 0.3 is 5.69 Å². The Labute approximate surface area is 119 Å². The summed E-state index contributed by atoms with van der Waals surface area (Å²) in [5.74, 6) is -1.49. The number of hydrogen-bond acceptors (Lipinski definition) is 4. The van der Waals surface area contributed by atoms with Gasteiger partial charge in [-0.1, -0.05) is 6.07 Å². The number of halogens is 1. The number of carbonyl (C=O) groups is 1. The molecule has 1 aromatic heterocycles. The van der Waals surface area contributed by atoms with Crippen LogP contribution in [0.1, 0.15) is 21.6 Å². The van der Waals surface area contributed by atoms with Gasteiger partial charge in [-0.3, -0.25) is 19.9 Å². The van der Waals surface area contributed by atoms with Crippen LogP contribution in [-0.2, 0) is 6.54 Å². The van der Waals surface area contributed by atoms with Crippen molar-refractivity contribution in [3.8, 4) is 0 Å². The lowest BCUT2D eigenvalue weighted by molar-refractivity contribution is -0.387. The van der Waals surface area contributed by atoms with Gasteiger partial charge in [-0.05, 0) is 30.7 Å². The zero-order chi connectivity index (χ0) is 15.4.